The maximum atomic E-state index is 13.8. The third-order valence-electron chi connectivity index (χ3n) is 2.75. The zero-order chi connectivity index (χ0) is 13.8. The minimum atomic E-state index is -0.591. The summed E-state index contributed by atoms with van der Waals surface area (Å²) in [7, 11) is 1.31. The van der Waals surface area contributed by atoms with Crippen LogP contribution in [-0.2, 0) is 0 Å². The second-order valence-electron chi connectivity index (χ2n) is 3.89. The summed E-state index contributed by atoms with van der Waals surface area (Å²) in [5.41, 5.74) is 1.96. The molecular weight excluding hydrogens is 245 g/mol. The molecule has 0 unspecified atom stereocenters. The minimum Gasteiger partial charge on any atom is -0.493 e. The molecule has 0 atom stereocenters. The standard InChI is InChI=1S/C15H10FNO2/c1-19-15-13(9-18)6-12(7-14(15)16)11-4-2-10(8-17)3-5-11/h2-7,9H,1H3. The molecule has 0 bridgehead atoms. The Morgan fingerprint density at radius 3 is 2.42 bits per heavy atom. The second-order valence-corrected chi connectivity index (χ2v) is 3.89. The van der Waals surface area contributed by atoms with Crippen LogP contribution in [0.3, 0.4) is 0 Å². The number of ether oxygens (including phenoxy) is 1. The van der Waals surface area contributed by atoms with Crippen molar-refractivity contribution in [2.75, 3.05) is 7.11 Å². The number of carbonyl (C=O) groups is 1. The van der Waals surface area contributed by atoms with E-state index in [0.29, 0.717) is 17.4 Å². The van der Waals surface area contributed by atoms with Gasteiger partial charge in [0, 0.05) is 0 Å². The Hall–Kier alpha value is -2.67. The van der Waals surface area contributed by atoms with E-state index in [1.165, 1.54) is 13.2 Å². The molecule has 0 aromatic heterocycles. The summed E-state index contributed by atoms with van der Waals surface area (Å²) < 4.78 is 18.6. The maximum absolute atomic E-state index is 13.8. The fourth-order valence-corrected chi connectivity index (χ4v) is 1.82. The van der Waals surface area contributed by atoms with Crippen LogP contribution in [0.25, 0.3) is 11.1 Å². The van der Waals surface area contributed by atoms with Crippen LogP contribution in [0, 0.1) is 17.1 Å². The number of methoxy groups -OCH3 is 1. The molecule has 0 aliphatic heterocycles. The van der Waals surface area contributed by atoms with E-state index >= 15 is 0 Å². The van der Waals surface area contributed by atoms with Gasteiger partial charge in [-0.3, -0.25) is 4.79 Å². The Kier molecular flexibility index (Phi) is 3.58. The second kappa shape index (κ2) is 5.32. The predicted octanol–water partition coefficient (Wildman–Crippen LogP) is 3.19. The number of nitriles is 1. The van der Waals surface area contributed by atoms with Crippen molar-refractivity contribution in [3.8, 4) is 22.9 Å². The molecule has 2 aromatic carbocycles. The summed E-state index contributed by atoms with van der Waals surface area (Å²) in [5.74, 6) is -0.654. The summed E-state index contributed by atoms with van der Waals surface area (Å²) in [6.45, 7) is 0. The van der Waals surface area contributed by atoms with Crippen LogP contribution in [-0.4, -0.2) is 13.4 Å². The van der Waals surface area contributed by atoms with E-state index in [1.54, 1.807) is 30.3 Å². The average molecular weight is 255 g/mol. The van der Waals surface area contributed by atoms with Crippen molar-refractivity contribution in [1.29, 1.82) is 5.26 Å². The van der Waals surface area contributed by atoms with Gasteiger partial charge < -0.3 is 4.74 Å². The van der Waals surface area contributed by atoms with Gasteiger partial charge in [-0.25, -0.2) is 4.39 Å². The van der Waals surface area contributed by atoms with Crippen LogP contribution in [0.5, 0.6) is 5.75 Å². The third kappa shape index (κ3) is 2.45. The Morgan fingerprint density at radius 2 is 1.89 bits per heavy atom. The number of carbonyl (C=O) groups excluding carboxylic acids is 1. The van der Waals surface area contributed by atoms with E-state index in [-0.39, 0.29) is 11.3 Å². The highest BCUT2D eigenvalue weighted by atomic mass is 19.1. The van der Waals surface area contributed by atoms with Gasteiger partial charge in [-0.05, 0) is 35.4 Å². The van der Waals surface area contributed by atoms with Gasteiger partial charge in [-0.15, -0.1) is 0 Å². The Bertz CT molecular complexity index is 657. The highest BCUT2D eigenvalue weighted by molar-refractivity contribution is 5.83. The number of rotatable bonds is 3. The molecule has 4 heteroatoms. The van der Waals surface area contributed by atoms with Gasteiger partial charge >= 0.3 is 0 Å². The average Bonchev–Trinajstić information content (AvgIpc) is 2.46. The molecule has 0 radical (unpaired) electrons. The van der Waals surface area contributed by atoms with Crippen molar-refractivity contribution in [3.05, 3.63) is 53.3 Å². The zero-order valence-electron chi connectivity index (χ0n) is 10.2. The molecule has 3 nitrogen and oxygen atoms in total. The molecule has 0 N–H and O–H groups in total. The molecule has 0 amide bonds. The summed E-state index contributed by atoms with van der Waals surface area (Å²) in [6.07, 6.45) is 0.551. The molecular formula is C15H10FNO2. The minimum absolute atomic E-state index is 0.0626. The first-order valence-corrected chi connectivity index (χ1v) is 5.53. The van der Waals surface area contributed by atoms with Crippen LogP contribution < -0.4 is 4.74 Å². The Labute approximate surface area is 109 Å². The van der Waals surface area contributed by atoms with Gasteiger partial charge in [0.05, 0.1) is 24.3 Å². The molecule has 0 saturated heterocycles. The van der Waals surface area contributed by atoms with Gasteiger partial charge in [0.25, 0.3) is 0 Å². The SMILES string of the molecule is COc1c(F)cc(-c2ccc(C#N)cc2)cc1C=O. The molecule has 0 heterocycles. The van der Waals surface area contributed by atoms with Crippen molar-refractivity contribution in [2.24, 2.45) is 0 Å². The van der Waals surface area contributed by atoms with E-state index in [0.717, 1.165) is 5.56 Å². The molecule has 0 fully saturated rings. The Morgan fingerprint density at radius 1 is 1.21 bits per heavy atom. The lowest BCUT2D eigenvalue weighted by Gasteiger charge is -2.08. The summed E-state index contributed by atoms with van der Waals surface area (Å²) in [6, 6.07) is 11.5. The quantitative estimate of drug-likeness (QED) is 0.791. The van der Waals surface area contributed by atoms with Crippen LogP contribution in [0.2, 0.25) is 0 Å². The van der Waals surface area contributed by atoms with E-state index in [4.69, 9.17) is 10.00 Å². The number of nitrogens with zero attached hydrogens (tertiary/aromatic N) is 1. The fraction of sp³-hybridized carbons (Fsp3) is 0.0667. The normalized spacial score (nSPS) is 9.74. The van der Waals surface area contributed by atoms with E-state index < -0.39 is 5.82 Å². The summed E-state index contributed by atoms with van der Waals surface area (Å²) >= 11 is 0. The van der Waals surface area contributed by atoms with Crippen LogP contribution in [0.1, 0.15) is 15.9 Å². The van der Waals surface area contributed by atoms with Crippen LogP contribution in [0.15, 0.2) is 36.4 Å². The number of hydrogen-bond donors (Lipinski definition) is 0. The number of hydrogen-bond acceptors (Lipinski definition) is 3. The van der Waals surface area contributed by atoms with Gasteiger partial charge in [0.1, 0.15) is 0 Å². The Balaban J connectivity index is 2.53. The summed E-state index contributed by atoms with van der Waals surface area (Å²) in [5, 5.41) is 8.72. The molecule has 94 valence electrons. The third-order valence-corrected chi connectivity index (χ3v) is 2.75. The lowest BCUT2D eigenvalue weighted by atomic mass is 10.0. The van der Waals surface area contributed by atoms with Crippen molar-refractivity contribution in [1.82, 2.24) is 0 Å². The molecule has 0 spiro atoms. The highest BCUT2D eigenvalue weighted by Gasteiger charge is 2.12. The molecule has 0 aliphatic carbocycles. The molecule has 19 heavy (non-hydrogen) atoms. The predicted molar refractivity (Wildman–Crippen MR) is 68.5 cm³/mol. The molecule has 0 aliphatic rings. The van der Waals surface area contributed by atoms with Gasteiger partial charge in [-0.1, -0.05) is 12.1 Å². The van der Waals surface area contributed by atoms with Gasteiger partial charge in [0.2, 0.25) is 0 Å². The topological polar surface area (TPSA) is 50.1 Å². The van der Waals surface area contributed by atoms with Gasteiger partial charge in [0.15, 0.2) is 17.9 Å². The lowest BCUT2D eigenvalue weighted by molar-refractivity contribution is 0.112. The van der Waals surface area contributed by atoms with E-state index in [1.807, 2.05) is 6.07 Å². The maximum Gasteiger partial charge on any atom is 0.166 e. The van der Waals surface area contributed by atoms with Crippen LogP contribution in [0.4, 0.5) is 4.39 Å². The number of aldehydes is 1. The summed E-state index contributed by atoms with van der Waals surface area (Å²) in [4.78, 5) is 10.9. The zero-order valence-corrected chi connectivity index (χ0v) is 10.2. The number of halogens is 1. The molecule has 2 aromatic rings. The fourth-order valence-electron chi connectivity index (χ4n) is 1.82. The molecule has 2 rings (SSSR count). The van der Waals surface area contributed by atoms with Crippen molar-refractivity contribution in [2.45, 2.75) is 0 Å². The first kappa shape index (κ1) is 12.8. The first-order valence-electron chi connectivity index (χ1n) is 5.53. The van der Waals surface area contributed by atoms with Crippen molar-refractivity contribution >= 4 is 6.29 Å². The van der Waals surface area contributed by atoms with E-state index in [9.17, 15) is 9.18 Å². The first-order chi connectivity index (χ1) is 9.19. The van der Waals surface area contributed by atoms with Crippen molar-refractivity contribution < 1.29 is 13.9 Å². The smallest absolute Gasteiger partial charge is 0.166 e. The molecule has 0 saturated carbocycles. The van der Waals surface area contributed by atoms with Gasteiger partial charge in [-0.2, -0.15) is 5.26 Å². The van der Waals surface area contributed by atoms with E-state index in [2.05, 4.69) is 0 Å². The highest BCUT2D eigenvalue weighted by Crippen LogP contribution is 2.29. The monoisotopic (exact) mass is 255 g/mol. The largest absolute Gasteiger partial charge is 0.493 e. The lowest BCUT2D eigenvalue weighted by Crippen LogP contribution is -1.95. The number of benzene rings is 2. The van der Waals surface area contributed by atoms with Crippen LogP contribution >= 0.6 is 0 Å². The van der Waals surface area contributed by atoms with Crippen molar-refractivity contribution in [3.63, 3.8) is 0 Å².